The highest BCUT2D eigenvalue weighted by Crippen LogP contribution is 2.18. The minimum atomic E-state index is 0.413. The molecule has 0 amide bonds. The fourth-order valence-electron chi connectivity index (χ4n) is 1.87. The van der Waals surface area contributed by atoms with E-state index in [0.717, 1.165) is 31.9 Å². The van der Waals surface area contributed by atoms with Gasteiger partial charge >= 0.3 is 0 Å². The Labute approximate surface area is 122 Å². The van der Waals surface area contributed by atoms with Gasteiger partial charge < -0.3 is 15.1 Å². The molecule has 0 aromatic carbocycles. The molecule has 20 heavy (non-hydrogen) atoms. The number of hydrogen-bond donors (Lipinski definition) is 1. The van der Waals surface area contributed by atoms with Crippen LogP contribution in [0.2, 0.25) is 0 Å². The van der Waals surface area contributed by atoms with Gasteiger partial charge in [-0.2, -0.15) is 15.0 Å². The number of nitrogens with one attached hydrogen (secondary N) is 1. The summed E-state index contributed by atoms with van der Waals surface area (Å²) < 4.78 is 0. The summed E-state index contributed by atoms with van der Waals surface area (Å²) >= 11 is 0. The molecular weight excluding hydrogens is 252 g/mol. The Kier molecular flexibility index (Phi) is 6.48. The zero-order chi connectivity index (χ0) is 15.1. The lowest BCUT2D eigenvalue weighted by Gasteiger charge is -2.28. The first-order valence-electron chi connectivity index (χ1n) is 7.47. The van der Waals surface area contributed by atoms with Gasteiger partial charge in [0.25, 0.3) is 0 Å². The Balaban J connectivity index is 3.12. The van der Waals surface area contributed by atoms with Gasteiger partial charge in [-0.15, -0.1) is 0 Å². The van der Waals surface area contributed by atoms with Crippen molar-refractivity contribution >= 4 is 17.8 Å². The summed E-state index contributed by atoms with van der Waals surface area (Å²) in [6.07, 6.45) is 2.11. The summed E-state index contributed by atoms with van der Waals surface area (Å²) in [6, 6.07) is 0.413. The second kappa shape index (κ2) is 7.87. The molecule has 6 heteroatoms. The van der Waals surface area contributed by atoms with Gasteiger partial charge in [-0.05, 0) is 26.7 Å². The molecule has 0 spiro atoms. The highest BCUT2D eigenvalue weighted by Gasteiger charge is 2.17. The van der Waals surface area contributed by atoms with E-state index in [0.29, 0.717) is 17.9 Å². The zero-order valence-electron chi connectivity index (χ0n) is 13.6. The predicted molar refractivity (Wildman–Crippen MR) is 85.7 cm³/mol. The van der Waals surface area contributed by atoms with E-state index in [1.54, 1.807) is 0 Å². The minimum Gasteiger partial charge on any atom is -0.354 e. The first-order valence-corrected chi connectivity index (χ1v) is 7.47. The molecule has 1 atom stereocenters. The van der Waals surface area contributed by atoms with Crippen molar-refractivity contribution in [2.24, 2.45) is 0 Å². The van der Waals surface area contributed by atoms with Crippen LogP contribution in [0.15, 0.2) is 0 Å². The van der Waals surface area contributed by atoms with Crippen LogP contribution in [0.4, 0.5) is 17.8 Å². The lowest BCUT2D eigenvalue weighted by Crippen LogP contribution is -2.34. The summed E-state index contributed by atoms with van der Waals surface area (Å²) in [5.41, 5.74) is 0. The molecule has 0 saturated heterocycles. The van der Waals surface area contributed by atoms with Crippen LogP contribution in [0.25, 0.3) is 0 Å². The van der Waals surface area contributed by atoms with E-state index in [2.05, 4.69) is 52.9 Å². The van der Waals surface area contributed by atoms with Crippen LogP contribution >= 0.6 is 0 Å². The third-order valence-electron chi connectivity index (χ3n) is 3.27. The summed E-state index contributed by atoms with van der Waals surface area (Å²) in [5, 5.41) is 3.25. The molecular formula is C14H28N6. The van der Waals surface area contributed by atoms with Gasteiger partial charge in [0.15, 0.2) is 0 Å². The lowest BCUT2D eigenvalue weighted by atomic mass is 10.2. The monoisotopic (exact) mass is 280 g/mol. The Hall–Kier alpha value is -1.59. The molecule has 0 aliphatic rings. The number of rotatable bonds is 8. The number of anilines is 3. The quantitative estimate of drug-likeness (QED) is 0.789. The van der Waals surface area contributed by atoms with Gasteiger partial charge in [0, 0.05) is 33.2 Å². The first kappa shape index (κ1) is 16.5. The van der Waals surface area contributed by atoms with Crippen LogP contribution in [-0.4, -0.2) is 48.2 Å². The molecule has 1 aromatic rings. The number of hydrogen-bond acceptors (Lipinski definition) is 6. The van der Waals surface area contributed by atoms with Gasteiger partial charge in [0.05, 0.1) is 0 Å². The van der Waals surface area contributed by atoms with Crippen LogP contribution in [0.5, 0.6) is 0 Å². The third kappa shape index (κ3) is 4.21. The van der Waals surface area contributed by atoms with Crippen LogP contribution in [0.1, 0.15) is 40.5 Å². The largest absolute Gasteiger partial charge is 0.354 e. The molecule has 1 rings (SSSR count). The van der Waals surface area contributed by atoms with Crippen molar-refractivity contribution in [2.45, 2.75) is 46.6 Å². The fraction of sp³-hybridized carbons (Fsp3) is 0.786. The predicted octanol–water partition coefficient (Wildman–Crippen LogP) is 2.38. The summed E-state index contributed by atoms with van der Waals surface area (Å²) in [6.45, 7) is 10.4. The Morgan fingerprint density at radius 1 is 1.05 bits per heavy atom. The lowest BCUT2D eigenvalue weighted by molar-refractivity contribution is 0.613. The Morgan fingerprint density at radius 3 is 2.20 bits per heavy atom. The van der Waals surface area contributed by atoms with Crippen LogP contribution < -0.4 is 15.1 Å². The third-order valence-corrected chi connectivity index (χ3v) is 3.27. The van der Waals surface area contributed by atoms with Gasteiger partial charge in [0.1, 0.15) is 0 Å². The molecule has 0 radical (unpaired) electrons. The van der Waals surface area contributed by atoms with E-state index in [9.17, 15) is 0 Å². The standard InChI is InChI=1S/C14H28N6/c1-7-10-15-12-16-13(19(5)6)18-14(17-12)20(9-3)11(4)8-2/h11H,7-10H2,1-6H3,(H,15,16,17,18). The molecule has 1 N–H and O–H groups in total. The summed E-state index contributed by atoms with van der Waals surface area (Å²) in [4.78, 5) is 17.7. The maximum absolute atomic E-state index is 4.57. The van der Waals surface area contributed by atoms with Crippen molar-refractivity contribution in [3.8, 4) is 0 Å². The van der Waals surface area contributed by atoms with E-state index in [-0.39, 0.29) is 0 Å². The van der Waals surface area contributed by atoms with E-state index < -0.39 is 0 Å². The van der Waals surface area contributed by atoms with Crippen LogP contribution in [-0.2, 0) is 0 Å². The highest BCUT2D eigenvalue weighted by atomic mass is 15.4. The van der Waals surface area contributed by atoms with Gasteiger partial charge in [0.2, 0.25) is 17.8 Å². The van der Waals surface area contributed by atoms with Crippen molar-refractivity contribution in [2.75, 3.05) is 42.3 Å². The van der Waals surface area contributed by atoms with Crippen molar-refractivity contribution in [1.82, 2.24) is 15.0 Å². The number of nitrogens with zero attached hydrogens (tertiary/aromatic N) is 5. The SMILES string of the molecule is CCCNc1nc(N(C)C)nc(N(CC)C(C)CC)n1. The average Bonchev–Trinajstić information content (AvgIpc) is 2.45. The molecule has 0 aliphatic carbocycles. The number of aromatic nitrogens is 3. The van der Waals surface area contributed by atoms with E-state index >= 15 is 0 Å². The van der Waals surface area contributed by atoms with E-state index in [4.69, 9.17) is 0 Å². The van der Waals surface area contributed by atoms with Crippen molar-refractivity contribution in [1.29, 1.82) is 0 Å². The topological polar surface area (TPSA) is 57.2 Å². The molecule has 1 aromatic heterocycles. The Morgan fingerprint density at radius 2 is 1.70 bits per heavy atom. The molecule has 0 aliphatic heterocycles. The van der Waals surface area contributed by atoms with E-state index in [1.807, 2.05) is 19.0 Å². The minimum absolute atomic E-state index is 0.413. The molecule has 0 fully saturated rings. The molecule has 1 heterocycles. The summed E-state index contributed by atoms with van der Waals surface area (Å²) in [5.74, 6) is 2.09. The van der Waals surface area contributed by atoms with E-state index in [1.165, 1.54) is 0 Å². The highest BCUT2D eigenvalue weighted by molar-refractivity contribution is 5.45. The smallest absolute Gasteiger partial charge is 0.232 e. The van der Waals surface area contributed by atoms with Crippen molar-refractivity contribution in [3.05, 3.63) is 0 Å². The summed E-state index contributed by atoms with van der Waals surface area (Å²) in [7, 11) is 3.89. The van der Waals surface area contributed by atoms with Crippen LogP contribution in [0.3, 0.4) is 0 Å². The first-order chi connectivity index (χ1) is 9.53. The fourth-order valence-corrected chi connectivity index (χ4v) is 1.87. The van der Waals surface area contributed by atoms with Gasteiger partial charge in [-0.25, -0.2) is 0 Å². The molecule has 0 saturated carbocycles. The van der Waals surface area contributed by atoms with Crippen molar-refractivity contribution in [3.63, 3.8) is 0 Å². The Bertz CT molecular complexity index is 407. The molecule has 1 unspecified atom stereocenters. The normalized spacial score (nSPS) is 12.1. The molecule has 6 nitrogen and oxygen atoms in total. The van der Waals surface area contributed by atoms with Gasteiger partial charge in [-0.3, -0.25) is 0 Å². The average molecular weight is 280 g/mol. The maximum Gasteiger partial charge on any atom is 0.232 e. The molecule has 0 bridgehead atoms. The maximum atomic E-state index is 4.57. The van der Waals surface area contributed by atoms with Gasteiger partial charge in [-0.1, -0.05) is 13.8 Å². The van der Waals surface area contributed by atoms with Crippen LogP contribution in [0, 0.1) is 0 Å². The molecule has 114 valence electrons. The second-order valence-corrected chi connectivity index (χ2v) is 5.12. The van der Waals surface area contributed by atoms with Crippen molar-refractivity contribution < 1.29 is 0 Å². The zero-order valence-corrected chi connectivity index (χ0v) is 13.6. The second-order valence-electron chi connectivity index (χ2n) is 5.12.